The number of fused-ring (bicyclic) bond motifs is 1. The van der Waals surface area contributed by atoms with E-state index in [2.05, 4.69) is 31.1 Å². The zero-order chi connectivity index (χ0) is 18.1. The van der Waals surface area contributed by atoms with Crippen LogP contribution in [0.4, 0.5) is 16.0 Å². The van der Waals surface area contributed by atoms with Crippen molar-refractivity contribution < 1.29 is 9.18 Å². The number of nitrogens with zero attached hydrogens (tertiary/aromatic N) is 3. The third-order valence-corrected chi connectivity index (χ3v) is 5.05. The van der Waals surface area contributed by atoms with Crippen molar-refractivity contribution in [2.45, 2.75) is 12.8 Å². The Morgan fingerprint density at radius 3 is 2.50 bits per heavy atom. The maximum absolute atomic E-state index is 13.5. The molecule has 0 bridgehead atoms. The number of nitrogens with one attached hydrogen (secondary N) is 1. The molecule has 4 rings (SSSR count). The van der Waals surface area contributed by atoms with E-state index in [-0.39, 0.29) is 5.56 Å². The fraction of sp³-hybridized carbons (Fsp3) is 0.211. The zero-order valence-corrected chi connectivity index (χ0v) is 15.5. The Morgan fingerprint density at radius 2 is 1.77 bits per heavy atom. The van der Waals surface area contributed by atoms with Gasteiger partial charge in [0.1, 0.15) is 5.82 Å². The molecule has 132 valence electrons. The molecule has 0 spiro atoms. The average molecular weight is 415 g/mol. The molecule has 1 fully saturated rings. The van der Waals surface area contributed by atoms with Crippen LogP contribution in [0.1, 0.15) is 23.2 Å². The SMILES string of the molecule is O=C(Nc1nc2ccccc2nc1N1CCCC1)c1cc(F)ccc1Br. The van der Waals surface area contributed by atoms with Crippen LogP contribution in [-0.2, 0) is 0 Å². The van der Waals surface area contributed by atoms with Gasteiger partial charge in [0.2, 0.25) is 0 Å². The van der Waals surface area contributed by atoms with E-state index in [1.807, 2.05) is 24.3 Å². The third kappa shape index (κ3) is 3.26. The van der Waals surface area contributed by atoms with Crippen LogP contribution in [0, 0.1) is 5.82 Å². The molecule has 0 saturated carbocycles. The largest absolute Gasteiger partial charge is 0.354 e. The Morgan fingerprint density at radius 1 is 1.08 bits per heavy atom. The molecule has 0 aliphatic carbocycles. The number of aromatic nitrogens is 2. The molecule has 7 heteroatoms. The Hall–Kier alpha value is -2.54. The van der Waals surface area contributed by atoms with Crippen molar-refractivity contribution in [3.05, 3.63) is 58.3 Å². The van der Waals surface area contributed by atoms with Gasteiger partial charge in [0.05, 0.1) is 16.6 Å². The summed E-state index contributed by atoms with van der Waals surface area (Å²) in [5, 5.41) is 2.81. The predicted octanol–water partition coefficient (Wildman–Crippen LogP) is 4.38. The molecule has 1 amide bonds. The van der Waals surface area contributed by atoms with Crippen molar-refractivity contribution in [1.29, 1.82) is 0 Å². The highest BCUT2D eigenvalue weighted by Gasteiger charge is 2.22. The minimum Gasteiger partial charge on any atom is -0.354 e. The lowest BCUT2D eigenvalue weighted by Crippen LogP contribution is -2.23. The van der Waals surface area contributed by atoms with E-state index < -0.39 is 11.7 Å². The van der Waals surface area contributed by atoms with Gasteiger partial charge in [-0.25, -0.2) is 14.4 Å². The molecule has 3 aromatic rings. The number of benzene rings is 2. The smallest absolute Gasteiger partial charge is 0.258 e. The molecule has 1 aliphatic rings. The normalized spacial score (nSPS) is 14.0. The summed E-state index contributed by atoms with van der Waals surface area (Å²) in [4.78, 5) is 24.1. The molecule has 26 heavy (non-hydrogen) atoms. The molecule has 1 N–H and O–H groups in total. The summed E-state index contributed by atoms with van der Waals surface area (Å²) in [7, 11) is 0. The highest BCUT2D eigenvalue weighted by molar-refractivity contribution is 9.10. The van der Waals surface area contributed by atoms with Gasteiger partial charge in [-0.05, 0) is 59.1 Å². The van der Waals surface area contributed by atoms with E-state index in [0.717, 1.165) is 31.4 Å². The van der Waals surface area contributed by atoms with Crippen molar-refractivity contribution >= 4 is 44.5 Å². The maximum atomic E-state index is 13.5. The fourth-order valence-electron chi connectivity index (χ4n) is 3.07. The molecule has 2 heterocycles. The Bertz CT molecular complexity index is 988. The van der Waals surface area contributed by atoms with Gasteiger partial charge in [0.25, 0.3) is 5.91 Å². The van der Waals surface area contributed by atoms with Crippen LogP contribution in [0.3, 0.4) is 0 Å². The molecular weight excluding hydrogens is 399 g/mol. The summed E-state index contributed by atoms with van der Waals surface area (Å²) in [6.07, 6.45) is 2.16. The average Bonchev–Trinajstić information content (AvgIpc) is 3.17. The van der Waals surface area contributed by atoms with Crippen LogP contribution in [0.15, 0.2) is 46.9 Å². The van der Waals surface area contributed by atoms with Gasteiger partial charge in [0, 0.05) is 17.6 Å². The van der Waals surface area contributed by atoms with E-state index in [4.69, 9.17) is 4.98 Å². The summed E-state index contributed by atoms with van der Waals surface area (Å²) in [5.74, 6) is 0.151. The molecule has 1 saturated heterocycles. The van der Waals surface area contributed by atoms with Crippen LogP contribution >= 0.6 is 15.9 Å². The number of carbonyl (C=O) groups is 1. The minimum absolute atomic E-state index is 0.215. The second-order valence-corrected chi connectivity index (χ2v) is 7.01. The Labute approximate surface area is 158 Å². The molecule has 0 radical (unpaired) electrons. The van der Waals surface area contributed by atoms with Gasteiger partial charge >= 0.3 is 0 Å². The van der Waals surface area contributed by atoms with Crippen LogP contribution < -0.4 is 10.2 Å². The van der Waals surface area contributed by atoms with Crippen LogP contribution in [0.2, 0.25) is 0 Å². The summed E-state index contributed by atoms with van der Waals surface area (Å²) >= 11 is 3.30. The first-order chi connectivity index (χ1) is 12.6. The number of amides is 1. The van der Waals surface area contributed by atoms with Gasteiger partial charge in [-0.15, -0.1) is 0 Å². The lowest BCUT2D eigenvalue weighted by Gasteiger charge is -2.20. The van der Waals surface area contributed by atoms with E-state index in [1.165, 1.54) is 18.2 Å². The Balaban J connectivity index is 1.75. The molecule has 0 unspecified atom stereocenters. The van der Waals surface area contributed by atoms with E-state index in [9.17, 15) is 9.18 Å². The summed E-state index contributed by atoms with van der Waals surface area (Å²) in [5.41, 5.74) is 1.69. The van der Waals surface area contributed by atoms with Gasteiger partial charge in [-0.3, -0.25) is 4.79 Å². The highest BCUT2D eigenvalue weighted by atomic mass is 79.9. The predicted molar refractivity (Wildman–Crippen MR) is 103 cm³/mol. The molecular formula is C19H16BrFN4O. The van der Waals surface area contributed by atoms with Gasteiger partial charge in [0.15, 0.2) is 11.6 Å². The van der Waals surface area contributed by atoms with Crippen LogP contribution in [-0.4, -0.2) is 29.0 Å². The lowest BCUT2D eigenvalue weighted by molar-refractivity contribution is 0.102. The monoisotopic (exact) mass is 414 g/mol. The van der Waals surface area contributed by atoms with Crippen molar-refractivity contribution in [2.75, 3.05) is 23.3 Å². The summed E-state index contributed by atoms with van der Waals surface area (Å²) in [6.45, 7) is 1.75. The number of carbonyl (C=O) groups excluding carboxylic acids is 1. The Kier molecular flexibility index (Phi) is 4.55. The van der Waals surface area contributed by atoms with Crippen molar-refractivity contribution in [3.63, 3.8) is 0 Å². The third-order valence-electron chi connectivity index (χ3n) is 4.36. The lowest BCUT2D eigenvalue weighted by atomic mass is 10.2. The summed E-state index contributed by atoms with van der Waals surface area (Å²) in [6, 6.07) is 11.5. The van der Waals surface area contributed by atoms with Gasteiger partial charge in [-0.1, -0.05) is 12.1 Å². The van der Waals surface area contributed by atoms with Gasteiger partial charge < -0.3 is 10.2 Å². The highest BCUT2D eigenvalue weighted by Crippen LogP contribution is 2.29. The maximum Gasteiger partial charge on any atom is 0.258 e. The second kappa shape index (κ2) is 6.99. The quantitative estimate of drug-likeness (QED) is 0.690. The first-order valence-electron chi connectivity index (χ1n) is 8.40. The number of para-hydroxylation sites is 2. The molecule has 0 atom stereocenters. The molecule has 1 aliphatic heterocycles. The summed E-state index contributed by atoms with van der Waals surface area (Å²) < 4.78 is 14.1. The van der Waals surface area contributed by atoms with E-state index in [0.29, 0.717) is 21.6 Å². The standard InChI is InChI=1S/C19H16BrFN4O/c20-14-8-7-12(21)11-13(14)19(26)24-17-18(25-9-3-4-10-25)23-16-6-2-1-5-15(16)22-17/h1-2,5-8,11H,3-4,9-10H2,(H,22,24,26). The molecule has 2 aromatic carbocycles. The van der Waals surface area contributed by atoms with E-state index in [1.54, 1.807) is 0 Å². The number of hydrogen-bond acceptors (Lipinski definition) is 4. The van der Waals surface area contributed by atoms with Crippen LogP contribution in [0.25, 0.3) is 11.0 Å². The van der Waals surface area contributed by atoms with Crippen molar-refractivity contribution in [1.82, 2.24) is 9.97 Å². The number of halogens is 2. The first-order valence-corrected chi connectivity index (χ1v) is 9.19. The first kappa shape index (κ1) is 16.9. The van der Waals surface area contributed by atoms with Crippen molar-refractivity contribution in [3.8, 4) is 0 Å². The molecule has 1 aromatic heterocycles. The fourth-order valence-corrected chi connectivity index (χ4v) is 3.50. The number of hydrogen-bond donors (Lipinski definition) is 1. The molecule has 5 nitrogen and oxygen atoms in total. The van der Waals surface area contributed by atoms with Gasteiger partial charge in [-0.2, -0.15) is 0 Å². The topological polar surface area (TPSA) is 58.1 Å². The second-order valence-electron chi connectivity index (χ2n) is 6.16. The zero-order valence-electron chi connectivity index (χ0n) is 13.9. The number of anilines is 2. The minimum atomic E-state index is -0.470. The van der Waals surface area contributed by atoms with E-state index >= 15 is 0 Å². The number of rotatable bonds is 3. The van der Waals surface area contributed by atoms with Crippen LogP contribution in [0.5, 0.6) is 0 Å². The van der Waals surface area contributed by atoms with Crippen molar-refractivity contribution in [2.24, 2.45) is 0 Å².